The first-order chi connectivity index (χ1) is 8.17. The number of aryl methyl sites for hydroxylation is 2. The molecule has 0 aromatic carbocycles. The Morgan fingerprint density at radius 1 is 1.47 bits per heavy atom. The minimum atomic E-state index is 0.0529. The summed E-state index contributed by atoms with van der Waals surface area (Å²) in [7, 11) is 1.90. The number of hydrogen-bond acceptors (Lipinski definition) is 3. The van der Waals surface area contributed by atoms with Crippen molar-refractivity contribution in [2.45, 2.75) is 33.1 Å². The highest BCUT2D eigenvalue weighted by Crippen LogP contribution is 2.29. The van der Waals surface area contributed by atoms with Gasteiger partial charge >= 0.3 is 0 Å². The number of rotatable bonds is 3. The molecule has 17 heavy (non-hydrogen) atoms. The molecule has 0 spiro atoms. The van der Waals surface area contributed by atoms with Crippen LogP contribution in [0.5, 0.6) is 0 Å². The number of carbonyl (C=O) groups is 1. The summed E-state index contributed by atoms with van der Waals surface area (Å²) in [4.78, 5) is 12.1. The van der Waals surface area contributed by atoms with Crippen LogP contribution < -0.4 is 10.6 Å². The van der Waals surface area contributed by atoms with E-state index >= 15 is 0 Å². The van der Waals surface area contributed by atoms with Gasteiger partial charge in [-0.1, -0.05) is 20.3 Å². The van der Waals surface area contributed by atoms with Crippen LogP contribution in [0.1, 0.15) is 32.4 Å². The number of nitrogens with zero attached hydrogens (tertiary/aromatic N) is 2. The van der Waals surface area contributed by atoms with Gasteiger partial charge in [0, 0.05) is 13.6 Å². The van der Waals surface area contributed by atoms with Gasteiger partial charge in [0.1, 0.15) is 11.5 Å². The van der Waals surface area contributed by atoms with Crippen LogP contribution in [0.2, 0.25) is 0 Å². The molecule has 94 valence electrons. The lowest BCUT2D eigenvalue weighted by Gasteiger charge is -2.12. The fourth-order valence-corrected chi connectivity index (χ4v) is 2.28. The molecular weight excluding hydrogens is 216 g/mol. The highest BCUT2D eigenvalue weighted by Gasteiger charge is 2.26. The van der Waals surface area contributed by atoms with Crippen LogP contribution in [0, 0.1) is 5.92 Å². The molecule has 0 saturated heterocycles. The number of fused-ring (bicyclic) bond motifs is 1. The second-order valence-electron chi connectivity index (χ2n) is 4.50. The van der Waals surface area contributed by atoms with E-state index in [1.165, 1.54) is 0 Å². The third kappa shape index (κ3) is 2.14. The summed E-state index contributed by atoms with van der Waals surface area (Å²) in [6.07, 6.45) is 2.76. The van der Waals surface area contributed by atoms with Crippen LogP contribution in [0.4, 0.5) is 11.5 Å². The van der Waals surface area contributed by atoms with E-state index in [0.29, 0.717) is 6.54 Å². The summed E-state index contributed by atoms with van der Waals surface area (Å²) in [6, 6.07) is 0. The highest BCUT2D eigenvalue weighted by molar-refractivity contribution is 5.97. The predicted octanol–water partition coefficient (Wildman–Crippen LogP) is 1.76. The minimum Gasteiger partial charge on any atom is -0.368 e. The molecular formula is C12H20N4O. The zero-order valence-electron chi connectivity index (χ0n) is 10.7. The second kappa shape index (κ2) is 4.77. The lowest BCUT2D eigenvalue weighted by molar-refractivity contribution is -0.119. The number of nitrogens with one attached hydrogen (secondary N) is 2. The largest absolute Gasteiger partial charge is 0.368 e. The first-order valence-electron chi connectivity index (χ1n) is 6.28. The molecule has 0 aliphatic carbocycles. The average molecular weight is 236 g/mol. The van der Waals surface area contributed by atoms with Gasteiger partial charge in [-0.15, -0.1) is 0 Å². The van der Waals surface area contributed by atoms with Crippen LogP contribution in [0.3, 0.4) is 0 Å². The van der Waals surface area contributed by atoms with E-state index < -0.39 is 0 Å². The van der Waals surface area contributed by atoms with Gasteiger partial charge < -0.3 is 10.6 Å². The van der Waals surface area contributed by atoms with Crippen molar-refractivity contribution in [2.75, 3.05) is 17.2 Å². The van der Waals surface area contributed by atoms with Crippen molar-refractivity contribution >= 4 is 17.4 Å². The van der Waals surface area contributed by atoms with Crippen LogP contribution in [0.25, 0.3) is 0 Å². The number of hydrogen-bond donors (Lipinski definition) is 2. The zero-order valence-corrected chi connectivity index (χ0v) is 10.7. The quantitative estimate of drug-likeness (QED) is 0.840. The molecule has 0 fully saturated rings. The molecule has 1 unspecified atom stereocenters. The van der Waals surface area contributed by atoms with Crippen LogP contribution in [0.15, 0.2) is 0 Å². The molecule has 1 aromatic heterocycles. The van der Waals surface area contributed by atoms with Gasteiger partial charge in [0.05, 0.1) is 11.6 Å². The third-order valence-electron chi connectivity index (χ3n) is 3.23. The van der Waals surface area contributed by atoms with Gasteiger partial charge in [0.2, 0.25) is 5.91 Å². The molecule has 1 aliphatic heterocycles. The number of amides is 1. The lowest BCUT2D eigenvalue weighted by atomic mass is 10.0. The predicted molar refractivity (Wildman–Crippen MR) is 68.1 cm³/mol. The Labute approximate surface area is 102 Å². The molecule has 0 radical (unpaired) electrons. The van der Waals surface area contributed by atoms with Crippen molar-refractivity contribution in [3.63, 3.8) is 0 Å². The van der Waals surface area contributed by atoms with Gasteiger partial charge in [-0.3, -0.25) is 9.48 Å². The smallest absolute Gasteiger partial charge is 0.229 e. The maximum Gasteiger partial charge on any atom is 0.229 e. The van der Waals surface area contributed by atoms with E-state index in [1.807, 2.05) is 18.7 Å². The van der Waals surface area contributed by atoms with Gasteiger partial charge in [0.25, 0.3) is 0 Å². The average Bonchev–Trinajstić information content (AvgIpc) is 2.50. The minimum absolute atomic E-state index is 0.0529. The number of carbonyl (C=O) groups excluding carboxylic acids is 1. The fraction of sp³-hybridized carbons (Fsp3) is 0.667. The van der Waals surface area contributed by atoms with Crippen molar-refractivity contribution in [1.29, 1.82) is 0 Å². The van der Waals surface area contributed by atoms with Crippen molar-refractivity contribution in [3.8, 4) is 0 Å². The second-order valence-corrected chi connectivity index (χ2v) is 4.50. The zero-order chi connectivity index (χ0) is 12.4. The van der Waals surface area contributed by atoms with Crippen molar-refractivity contribution < 1.29 is 4.79 Å². The first kappa shape index (κ1) is 12.0. The Morgan fingerprint density at radius 2 is 2.24 bits per heavy atom. The standard InChI is InChI=1S/C12H20N4O/c1-4-6-8-7-13-11-10(14-12(8)17)9(5-2)15-16(11)3/h8,13H,4-7H2,1-3H3,(H,14,17). The van der Waals surface area contributed by atoms with E-state index in [-0.39, 0.29) is 11.8 Å². The molecule has 2 heterocycles. The lowest BCUT2D eigenvalue weighted by Crippen LogP contribution is -2.26. The summed E-state index contributed by atoms with van der Waals surface area (Å²) >= 11 is 0. The first-order valence-corrected chi connectivity index (χ1v) is 6.28. The van der Waals surface area contributed by atoms with Crippen molar-refractivity contribution in [3.05, 3.63) is 5.69 Å². The Bertz CT molecular complexity index is 424. The Balaban J connectivity index is 2.29. The molecule has 1 aromatic rings. The van der Waals surface area contributed by atoms with E-state index in [2.05, 4.69) is 22.7 Å². The SMILES string of the molecule is CCCC1CNc2c(c(CC)nn2C)NC1=O. The van der Waals surface area contributed by atoms with Crippen LogP contribution in [-0.2, 0) is 18.3 Å². The molecule has 5 nitrogen and oxygen atoms in total. The van der Waals surface area contributed by atoms with E-state index in [9.17, 15) is 4.79 Å². The molecule has 5 heteroatoms. The topological polar surface area (TPSA) is 59.0 Å². The van der Waals surface area contributed by atoms with Gasteiger partial charge in [0.15, 0.2) is 0 Å². The molecule has 1 amide bonds. The molecule has 0 bridgehead atoms. The molecule has 0 saturated carbocycles. The number of aromatic nitrogens is 2. The Morgan fingerprint density at radius 3 is 2.88 bits per heavy atom. The van der Waals surface area contributed by atoms with Gasteiger partial charge in [-0.25, -0.2) is 0 Å². The summed E-state index contributed by atoms with van der Waals surface area (Å²) < 4.78 is 1.81. The Hall–Kier alpha value is -1.52. The van der Waals surface area contributed by atoms with Crippen LogP contribution in [-0.4, -0.2) is 22.2 Å². The molecule has 1 atom stereocenters. The summed E-state index contributed by atoms with van der Waals surface area (Å²) in [5, 5.41) is 10.7. The van der Waals surface area contributed by atoms with Gasteiger partial charge in [-0.05, 0) is 12.8 Å². The number of anilines is 2. The molecule has 2 N–H and O–H groups in total. The monoisotopic (exact) mass is 236 g/mol. The molecule has 2 rings (SSSR count). The maximum atomic E-state index is 12.1. The summed E-state index contributed by atoms with van der Waals surface area (Å²) in [5.41, 5.74) is 1.80. The summed E-state index contributed by atoms with van der Waals surface area (Å²) in [6.45, 7) is 4.84. The highest BCUT2D eigenvalue weighted by atomic mass is 16.2. The fourth-order valence-electron chi connectivity index (χ4n) is 2.28. The summed E-state index contributed by atoms with van der Waals surface area (Å²) in [5.74, 6) is 1.09. The van der Waals surface area contributed by atoms with E-state index in [0.717, 1.165) is 36.5 Å². The van der Waals surface area contributed by atoms with Crippen molar-refractivity contribution in [1.82, 2.24) is 9.78 Å². The molecule has 1 aliphatic rings. The maximum absolute atomic E-state index is 12.1. The van der Waals surface area contributed by atoms with Crippen molar-refractivity contribution in [2.24, 2.45) is 13.0 Å². The van der Waals surface area contributed by atoms with Crippen LogP contribution >= 0.6 is 0 Å². The Kier molecular flexibility index (Phi) is 3.36. The van der Waals surface area contributed by atoms with Gasteiger partial charge in [-0.2, -0.15) is 5.10 Å². The van der Waals surface area contributed by atoms with E-state index in [4.69, 9.17) is 0 Å². The van der Waals surface area contributed by atoms with E-state index in [1.54, 1.807) is 0 Å². The third-order valence-corrected chi connectivity index (χ3v) is 3.23. The normalized spacial score (nSPS) is 19.2.